The van der Waals surface area contributed by atoms with E-state index in [1.807, 2.05) is 0 Å². The molecule has 0 N–H and O–H groups in total. The van der Waals surface area contributed by atoms with Crippen LogP contribution in [0.2, 0.25) is 0 Å². The van der Waals surface area contributed by atoms with Gasteiger partial charge < -0.3 is 0 Å². The first kappa shape index (κ1) is 10.3. The van der Waals surface area contributed by atoms with E-state index in [1.165, 1.54) is 17.5 Å². The largest absolute Gasteiger partial charge is 0.0894 e. The van der Waals surface area contributed by atoms with Gasteiger partial charge in [0, 0.05) is 11.5 Å². The van der Waals surface area contributed by atoms with Gasteiger partial charge in [-0.2, -0.15) is 0 Å². The molecule has 0 aliphatic carbocycles. The number of hydrogen-bond donors (Lipinski definition) is 0. The zero-order chi connectivity index (χ0) is 9.68. The minimum absolute atomic E-state index is 0.697. The molecule has 1 rings (SSSR count). The summed E-state index contributed by atoms with van der Waals surface area (Å²) in [6.45, 7) is 5.86. The van der Waals surface area contributed by atoms with E-state index in [0.29, 0.717) is 5.03 Å². The lowest BCUT2D eigenvalue weighted by molar-refractivity contribution is 0.920. The lowest BCUT2D eigenvalue weighted by atomic mass is 10.1. The molecule has 70 valence electrons. The van der Waals surface area contributed by atoms with Crippen molar-refractivity contribution in [2.24, 2.45) is 0 Å². The van der Waals surface area contributed by atoms with Crippen LogP contribution in [0.3, 0.4) is 0 Å². The molecule has 1 aromatic carbocycles. The third-order valence-electron chi connectivity index (χ3n) is 1.96. The Morgan fingerprint density at radius 2 is 1.77 bits per heavy atom. The molecule has 0 fully saturated rings. The summed E-state index contributed by atoms with van der Waals surface area (Å²) >= 11 is 5.72. The highest BCUT2D eigenvalue weighted by Crippen LogP contribution is 2.11. The van der Waals surface area contributed by atoms with Crippen molar-refractivity contribution in [3.8, 4) is 0 Å². The number of aryl methyl sites for hydroxylation is 1. The fourth-order valence-corrected chi connectivity index (χ4v) is 1.49. The first-order valence-corrected chi connectivity index (χ1v) is 5.01. The summed E-state index contributed by atoms with van der Waals surface area (Å²) in [6, 6.07) is 8.58. The van der Waals surface area contributed by atoms with Crippen LogP contribution in [0, 0.1) is 0 Å². The molecule has 0 aliphatic rings. The maximum atomic E-state index is 5.72. The van der Waals surface area contributed by atoms with Gasteiger partial charge in [-0.3, -0.25) is 0 Å². The molecule has 0 aliphatic heterocycles. The minimum atomic E-state index is 0.697. The summed E-state index contributed by atoms with van der Waals surface area (Å²) in [5, 5.41) is 0.697. The van der Waals surface area contributed by atoms with Crippen molar-refractivity contribution in [1.82, 2.24) is 0 Å². The summed E-state index contributed by atoms with van der Waals surface area (Å²) < 4.78 is 0. The van der Waals surface area contributed by atoms with E-state index >= 15 is 0 Å². The molecule has 0 heterocycles. The van der Waals surface area contributed by atoms with Gasteiger partial charge in [0.05, 0.1) is 0 Å². The van der Waals surface area contributed by atoms with Crippen molar-refractivity contribution >= 4 is 11.6 Å². The molecular formula is C12H15Cl. The Hall–Kier alpha value is -0.750. The van der Waals surface area contributed by atoms with Crippen molar-refractivity contribution in [2.75, 3.05) is 0 Å². The lowest BCUT2D eigenvalue weighted by Gasteiger charge is -2.01. The van der Waals surface area contributed by atoms with Crippen molar-refractivity contribution < 1.29 is 0 Å². The number of rotatable bonds is 4. The Labute approximate surface area is 85.2 Å². The topological polar surface area (TPSA) is 0 Å². The van der Waals surface area contributed by atoms with Crippen LogP contribution in [-0.2, 0) is 12.8 Å². The molecule has 0 bridgehead atoms. The van der Waals surface area contributed by atoms with Crippen LogP contribution in [0.5, 0.6) is 0 Å². The zero-order valence-electron chi connectivity index (χ0n) is 8.02. The standard InChI is InChI=1S/C12H15Cl/c1-3-4-11-5-7-12(8-6-11)9-10(2)13/h5-8H,2-4,9H2,1H3. The number of benzene rings is 1. The first-order valence-electron chi connectivity index (χ1n) is 4.63. The van der Waals surface area contributed by atoms with Crippen molar-refractivity contribution in [1.29, 1.82) is 0 Å². The van der Waals surface area contributed by atoms with Crippen LogP contribution in [0.4, 0.5) is 0 Å². The summed E-state index contributed by atoms with van der Waals surface area (Å²) in [4.78, 5) is 0. The Morgan fingerprint density at radius 1 is 1.23 bits per heavy atom. The highest BCUT2D eigenvalue weighted by atomic mass is 35.5. The second-order valence-corrected chi connectivity index (χ2v) is 3.80. The molecule has 0 aromatic heterocycles. The number of hydrogen-bond acceptors (Lipinski definition) is 0. The number of allylic oxidation sites excluding steroid dienone is 1. The second-order valence-electron chi connectivity index (χ2n) is 3.26. The fourth-order valence-electron chi connectivity index (χ4n) is 1.33. The van der Waals surface area contributed by atoms with Crippen LogP contribution in [0.15, 0.2) is 35.9 Å². The van der Waals surface area contributed by atoms with Crippen molar-refractivity contribution in [3.63, 3.8) is 0 Å². The van der Waals surface area contributed by atoms with Gasteiger partial charge in [-0.25, -0.2) is 0 Å². The predicted octanol–water partition coefficient (Wildman–Crippen LogP) is 3.93. The molecule has 0 atom stereocenters. The van der Waals surface area contributed by atoms with Gasteiger partial charge >= 0.3 is 0 Å². The minimum Gasteiger partial charge on any atom is -0.0894 e. The third kappa shape index (κ3) is 3.65. The monoisotopic (exact) mass is 194 g/mol. The molecule has 0 saturated carbocycles. The van der Waals surface area contributed by atoms with Gasteiger partial charge in [-0.15, -0.1) is 0 Å². The predicted molar refractivity (Wildman–Crippen MR) is 59.1 cm³/mol. The average Bonchev–Trinajstić information content (AvgIpc) is 2.08. The summed E-state index contributed by atoms with van der Waals surface area (Å²) in [5.74, 6) is 0. The lowest BCUT2D eigenvalue weighted by Crippen LogP contribution is -1.86. The normalized spacial score (nSPS) is 10.0. The van der Waals surface area contributed by atoms with E-state index in [9.17, 15) is 0 Å². The zero-order valence-corrected chi connectivity index (χ0v) is 8.77. The maximum absolute atomic E-state index is 5.72. The average molecular weight is 195 g/mol. The van der Waals surface area contributed by atoms with Crippen LogP contribution < -0.4 is 0 Å². The molecular weight excluding hydrogens is 180 g/mol. The molecule has 0 nitrogen and oxygen atoms in total. The van der Waals surface area contributed by atoms with Gasteiger partial charge in [0.15, 0.2) is 0 Å². The Morgan fingerprint density at radius 3 is 2.23 bits per heavy atom. The van der Waals surface area contributed by atoms with Crippen LogP contribution in [-0.4, -0.2) is 0 Å². The fraction of sp³-hybridized carbons (Fsp3) is 0.333. The molecule has 1 heteroatoms. The maximum Gasteiger partial charge on any atom is 0.0153 e. The molecule has 13 heavy (non-hydrogen) atoms. The van der Waals surface area contributed by atoms with Gasteiger partial charge in [0.25, 0.3) is 0 Å². The van der Waals surface area contributed by atoms with Crippen molar-refractivity contribution in [2.45, 2.75) is 26.2 Å². The van der Waals surface area contributed by atoms with Gasteiger partial charge in [0.1, 0.15) is 0 Å². The van der Waals surface area contributed by atoms with E-state index in [1.54, 1.807) is 0 Å². The van der Waals surface area contributed by atoms with Gasteiger partial charge in [0.2, 0.25) is 0 Å². The van der Waals surface area contributed by atoms with Crippen LogP contribution in [0.1, 0.15) is 24.5 Å². The van der Waals surface area contributed by atoms with E-state index < -0.39 is 0 Å². The van der Waals surface area contributed by atoms with Gasteiger partial charge in [-0.05, 0) is 17.5 Å². The Balaban J connectivity index is 2.64. The smallest absolute Gasteiger partial charge is 0.0153 e. The highest BCUT2D eigenvalue weighted by molar-refractivity contribution is 6.29. The first-order chi connectivity index (χ1) is 6.22. The van der Waals surface area contributed by atoms with E-state index in [2.05, 4.69) is 37.8 Å². The SMILES string of the molecule is C=C(Cl)Cc1ccc(CCC)cc1. The Bertz CT molecular complexity index is 272. The highest BCUT2D eigenvalue weighted by Gasteiger charge is 1.95. The molecule has 0 unspecified atom stereocenters. The molecule has 1 aromatic rings. The summed E-state index contributed by atoms with van der Waals surface area (Å²) in [5.41, 5.74) is 2.63. The Kier molecular flexibility index (Phi) is 4.04. The summed E-state index contributed by atoms with van der Waals surface area (Å²) in [7, 11) is 0. The molecule has 0 spiro atoms. The van der Waals surface area contributed by atoms with Gasteiger partial charge in [-0.1, -0.05) is 55.8 Å². The molecule has 0 radical (unpaired) electrons. The second kappa shape index (κ2) is 5.08. The van der Waals surface area contributed by atoms with E-state index in [-0.39, 0.29) is 0 Å². The van der Waals surface area contributed by atoms with Crippen LogP contribution >= 0.6 is 11.6 Å². The third-order valence-corrected chi connectivity index (χ3v) is 2.09. The van der Waals surface area contributed by atoms with E-state index in [4.69, 9.17) is 11.6 Å². The van der Waals surface area contributed by atoms with Crippen molar-refractivity contribution in [3.05, 3.63) is 47.0 Å². The molecule has 0 amide bonds. The summed E-state index contributed by atoms with van der Waals surface area (Å²) in [6.07, 6.45) is 3.12. The quantitative estimate of drug-likeness (QED) is 0.681. The van der Waals surface area contributed by atoms with E-state index in [0.717, 1.165) is 12.8 Å². The van der Waals surface area contributed by atoms with Crippen LogP contribution in [0.25, 0.3) is 0 Å². The molecule has 0 saturated heterocycles. The number of halogens is 1.